The van der Waals surface area contributed by atoms with Gasteiger partial charge < -0.3 is 9.67 Å². The van der Waals surface area contributed by atoms with Crippen molar-refractivity contribution in [2.24, 2.45) is 7.05 Å². The summed E-state index contributed by atoms with van der Waals surface area (Å²) in [6.07, 6.45) is 3.17. The number of rotatable bonds is 2. The zero-order valence-electron chi connectivity index (χ0n) is 7.61. The second-order valence-electron chi connectivity index (χ2n) is 2.07. The van der Waals surface area contributed by atoms with Gasteiger partial charge in [-0.15, -0.1) is 0 Å². The number of carbonyl (C=O) groups is 1. The molecule has 1 aromatic rings. The SMILES string of the molecule is CC.Cn1cncc1CC(=O)O. The Bertz CT molecular complexity index is 243. The molecule has 0 aliphatic heterocycles. The average molecular weight is 170 g/mol. The van der Waals surface area contributed by atoms with Crippen LogP contribution in [0.4, 0.5) is 0 Å². The summed E-state index contributed by atoms with van der Waals surface area (Å²) in [4.78, 5) is 14.0. The first-order chi connectivity index (χ1) is 5.70. The second kappa shape index (κ2) is 5.35. The van der Waals surface area contributed by atoms with Crippen molar-refractivity contribution in [2.45, 2.75) is 20.3 Å². The molecule has 4 heteroatoms. The standard InChI is InChI=1S/C6H8N2O2.C2H6/c1-8-4-7-3-5(8)2-6(9)10;1-2/h3-4H,2H2,1H3,(H,9,10);1-2H3. The van der Waals surface area contributed by atoms with E-state index in [1.807, 2.05) is 13.8 Å². The van der Waals surface area contributed by atoms with Crippen LogP contribution in [0.1, 0.15) is 19.5 Å². The lowest BCUT2D eigenvalue weighted by Crippen LogP contribution is -2.04. The fourth-order valence-electron chi connectivity index (χ4n) is 0.710. The van der Waals surface area contributed by atoms with Crippen molar-refractivity contribution in [1.82, 2.24) is 9.55 Å². The van der Waals surface area contributed by atoms with Crippen LogP contribution < -0.4 is 0 Å². The highest BCUT2D eigenvalue weighted by Gasteiger charge is 2.02. The van der Waals surface area contributed by atoms with Crippen LogP contribution in [-0.4, -0.2) is 20.6 Å². The van der Waals surface area contributed by atoms with E-state index in [1.54, 1.807) is 24.1 Å². The minimum Gasteiger partial charge on any atom is -0.481 e. The predicted molar refractivity (Wildman–Crippen MR) is 45.9 cm³/mol. The van der Waals surface area contributed by atoms with Gasteiger partial charge in [-0.3, -0.25) is 4.79 Å². The summed E-state index contributed by atoms with van der Waals surface area (Å²) in [5.74, 6) is -0.830. The van der Waals surface area contributed by atoms with Crippen molar-refractivity contribution >= 4 is 5.97 Å². The van der Waals surface area contributed by atoms with E-state index >= 15 is 0 Å². The minimum absolute atomic E-state index is 0.0382. The Morgan fingerprint density at radius 1 is 1.67 bits per heavy atom. The summed E-state index contributed by atoms with van der Waals surface area (Å²) in [5, 5.41) is 8.37. The Kier molecular flexibility index (Phi) is 4.76. The van der Waals surface area contributed by atoms with Gasteiger partial charge in [0.1, 0.15) is 0 Å². The fraction of sp³-hybridized carbons (Fsp3) is 0.500. The van der Waals surface area contributed by atoms with E-state index in [4.69, 9.17) is 5.11 Å². The van der Waals surface area contributed by atoms with Crippen molar-refractivity contribution in [3.8, 4) is 0 Å². The first-order valence-corrected chi connectivity index (χ1v) is 3.87. The molecule has 0 saturated carbocycles. The van der Waals surface area contributed by atoms with E-state index in [9.17, 15) is 4.79 Å². The molecular formula is C8H14N2O2. The highest BCUT2D eigenvalue weighted by Crippen LogP contribution is 1.96. The minimum atomic E-state index is -0.830. The molecule has 1 aromatic heterocycles. The Hall–Kier alpha value is -1.32. The number of aliphatic carboxylic acids is 1. The van der Waals surface area contributed by atoms with Crippen LogP contribution in [-0.2, 0) is 18.3 Å². The predicted octanol–water partition coefficient (Wildman–Crippen LogP) is 1.07. The molecule has 0 amide bonds. The third kappa shape index (κ3) is 3.18. The largest absolute Gasteiger partial charge is 0.481 e. The molecule has 1 heterocycles. The normalized spacial score (nSPS) is 8.58. The van der Waals surface area contributed by atoms with Crippen LogP contribution in [0.3, 0.4) is 0 Å². The maximum atomic E-state index is 10.2. The van der Waals surface area contributed by atoms with Gasteiger partial charge in [0.15, 0.2) is 0 Å². The summed E-state index contributed by atoms with van der Waals surface area (Å²) in [5.41, 5.74) is 0.715. The van der Waals surface area contributed by atoms with Gasteiger partial charge in [-0.05, 0) is 0 Å². The number of imidazole rings is 1. The fourth-order valence-corrected chi connectivity index (χ4v) is 0.710. The molecule has 4 nitrogen and oxygen atoms in total. The topological polar surface area (TPSA) is 55.1 Å². The summed E-state index contributed by atoms with van der Waals surface area (Å²) in [7, 11) is 1.77. The number of carboxylic acids is 1. The van der Waals surface area contributed by atoms with Gasteiger partial charge >= 0.3 is 5.97 Å². The quantitative estimate of drug-likeness (QED) is 0.722. The molecule has 0 bridgehead atoms. The first kappa shape index (κ1) is 10.7. The van der Waals surface area contributed by atoms with Gasteiger partial charge in [0.25, 0.3) is 0 Å². The van der Waals surface area contributed by atoms with E-state index in [2.05, 4.69) is 4.98 Å². The van der Waals surface area contributed by atoms with E-state index in [0.717, 1.165) is 0 Å². The molecule has 0 fully saturated rings. The number of carboxylic acid groups (broad SMARTS) is 1. The first-order valence-electron chi connectivity index (χ1n) is 3.87. The van der Waals surface area contributed by atoms with Crippen LogP contribution in [0, 0.1) is 0 Å². The zero-order chi connectivity index (χ0) is 9.56. The Morgan fingerprint density at radius 3 is 2.58 bits per heavy atom. The highest BCUT2D eigenvalue weighted by molar-refractivity contribution is 5.69. The molecule has 0 spiro atoms. The maximum Gasteiger partial charge on any atom is 0.309 e. The van der Waals surface area contributed by atoms with Crippen molar-refractivity contribution in [2.75, 3.05) is 0 Å². The van der Waals surface area contributed by atoms with Gasteiger partial charge in [-0.25, -0.2) is 4.98 Å². The molecular weight excluding hydrogens is 156 g/mol. The Morgan fingerprint density at radius 2 is 2.25 bits per heavy atom. The number of aryl methyl sites for hydroxylation is 1. The lowest BCUT2D eigenvalue weighted by molar-refractivity contribution is -0.136. The monoisotopic (exact) mass is 170 g/mol. The van der Waals surface area contributed by atoms with Crippen LogP contribution in [0.25, 0.3) is 0 Å². The molecule has 1 rings (SSSR count). The summed E-state index contributed by atoms with van der Waals surface area (Å²) in [6.45, 7) is 4.00. The summed E-state index contributed by atoms with van der Waals surface area (Å²) < 4.78 is 1.69. The molecule has 0 aliphatic carbocycles. The van der Waals surface area contributed by atoms with E-state index < -0.39 is 5.97 Å². The number of hydrogen-bond donors (Lipinski definition) is 1. The van der Waals surface area contributed by atoms with Crippen LogP contribution in [0.2, 0.25) is 0 Å². The molecule has 0 radical (unpaired) electrons. The van der Waals surface area contributed by atoms with Crippen LogP contribution in [0.15, 0.2) is 12.5 Å². The third-order valence-electron chi connectivity index (χ3n) is 1.25. The van der Waals surface area contributed by atoms with Gasteiger partial charge in [0, 0.05) is 18.9 Å². The van der Waals surface area contributed by atoms with Crippen LogP contribution in [0.5, 0.6) is 0 Å². The summed E-state index contributed by atoms with van der Waals surface area (Å²) in [6, 6.07) is 0. The van der Waals surface area contributed by atoms with Crippen LogP contribution >= 0.6 is 0 Å². The van der Waals surface area contributed by atoms with E-state index in [1.165, 1.54) is 0 Å². The highest BCUT2D eigenvalue weighted by atomic mass is 16.4. The number of nitrogens with zero attached hydrogens (tertiary/aromatic N) is 2. The van der Waals surface area contributed by atoms with Gasteiger partial charge in [-0.2, -0.15) is 0 Å². The number of hydrogen-bond acceptors (Lipinski definition) is 2. The van der Waals surface area contributed by atoms with Gasteiger partial charge in [-0.1, -0.05) is 13.8 Å². The zero-order valence-corrected chi connectivity index (χ0v) is 7.61. The lowest BCUT2D eigenvalue weighted by atomic mass is 10.3. The van der Waals surface area contributed by atoms with Crippen molar-refractivity contribution in [1.29, 1.82) is 0 Å². The van der Waals surface area contributed by atoms with Crippen molar-refractivity contribution in [3.63, 3.8) is 0 Å². The van der Waals surface area contributed by atoms with E-state index in [0.29, 0.717) is 5.69 Å². The molecule has 0 atom stereocenters. The van der Waals surface area contributed by atoms with Crippen molar-refractivity contribution < 1.29 is 9.90 Å². The van der Waals surface area contributed by atoms with Crippen molar-refractivity contribution in [3.05, 3.63) is 18.2 Å². The molecule has 1 N–H and O–H groups in total. The lowest BCUT2D eigenvalue weighted by Gasteiger charge is -1.95. The molecule has 0 aromatic carbocycles. The average Bonchev–Trinajstić information content (AvgIpc) is 2.40. The third-order valence-corrected chi connectivity index (χ3v) is 1.25. The Balaban J connectivity index is 0.000000561. The van der Waals surface area contributed by atoms with E-state index in [-0.39, 0.29) is 6.42 Å². The summed E-state index contributed by atoms with van der Waals surface area (Å²) >= 11 is 0. The molecule has 68 valence electrons. The van der Waals surface area contributed by atoms with Gasteiger partial charge in [0.2, 0.25) is 0 Å². The maximum absolute atomic E-state index is 10.2. The smallest absolute Gasteiger partial charge is 0.309 e. The molecule has 0 unspecified atom stereocenters. The molecule has 12 heavy (non-hydrogen) atoms. The molecule has 0 saturated heterocycles. The second-order valence-corrected chi connectivity index (χ2v) is 2.07. The number of aromatic nitrogens is 2. The van der Waals surface area contributed by atoms with Gasteiger partial charge in [0.05, 0.1) is 12.7 Å². The Labute approximate surface area is 71.9 Å². The molecule has 0 aliphatic rings.